The first-order valence-electron chi connectivity index (χ1n) is 10.7. The maximum absolute atomic E-state index is 13.4. The highest BCUT2D eigenvalue weighted by atomic mass is 35.5. The third-order valence-corrected chi connectivity index (χ3v) is 5.86. The van der Waals surface area contributed by atoms with Gasteiger partial charge in [-0.1, -0.05) is 17.7 Å². The Morgan fingerprint density at radius 2 is 2.00 bits per heavy atom. The van der Waals surface area contributed by atoms with E-state index in [2.05, 4.69) is 10.2 Å². The van der Waals surface area contributed by atoms with Crippen molar-refractivity contribution in [3.63, 3.8) is 0 Å². The maximum atomic E-state index is 13.4. The number of hydrogen-bond donors (Lipinski definition) is 2. The van der Waals surface area contributed by atoms with Gasteiger partial charge in [-0.15, -0.1) is 0 Å². The van der Waals surface area contributed by atoms with E-state index >= 15 is 0 Å². The number of H-pyrrole nitrogens is 1. The highest BCUT2D eigenvalue weighted by Crippen LogP contribution is 2.46. The molecule has 2 N–H and O–H groups in total. The van der Waals surface area contributed by atoms with Crippen molar-refractivity contribution in [3.8, 4) is 28.5 Å². The van der Waals surface area contributed by atoms with Crippen LogP contribution in [-0.2, 0) is 4.74 Å². The van der Waals surface area contributed by atoms with E-state index in [9.17, 15) is 9.90 Å². The highest BCUT2D eigenvalue weighted by molar-refractivity contribution is 6.31. The van der Waals surface area contributed by atoms with E-state index in [1.165, 1.54) is 6.07 Å². The second kappa shape index (κ2) is 9.72. The third-order valence-electron chi connectivity index (χ3n) is 5.63. The molecular formula is C24H26ClN3O5. The number of phenolic OH excluding ortho intramolecular Hbond substituents is 1. The van der Waals surface area contributed by atoms with Gasteiger partial charge < -0.3 is 24.2 Å². The van der Waals surface area contributed by atoms with Crippen molar-refractivity contribution in [1.82, 2.24) is 15.1 Å². The van der Waals surface area contributed by atoms with E-state index in [0.29, 0.717) is 65.2 Å². The van der Waals surface area contributed by atoms with Crippen molar-refractivity contribution in [1.29, 1.82) is 0 Å². The number of methoxy groups -OCH3 is 2. The van der Waals surface area contributed by atoms with E-state index in [-0.39, 0.29) is 11.7 Å². The summed E-state index contributed by atoms with van der Waals surface area (Å²) in [5.41, 5.74) is 2.84. The normalized spacial score (nSPS) is 15.1. The quantitative estimate of drug-likeness (QED) is 0.448. The summed E-state index contributed by atoms with van der Waals surface area (Å²) in [5, 5.41) is 18.2. The molecule has 1 amide bonds. The Hall–Kier alpha value is -3.23. The predicted octanol–water partition coefficient (Wildman–Crippen LogP) is 4.42. The number of nitrogens with one attached hydrogen (secondary N) is 1. The molecule has 0 saturated heterocycles. The van der Waals surface area contributed by atoms with Gasteiger partial charge in [0.1, 0.15) is 17.1 Å². The highest BCUT2D eigenvalue weighted by Gasteiger charge is 2.42. The summed E-state index contributed by atoms with van der Waals surface area (Å²) in [6.07, 6.45) is 0.669. The van der Waals surface area contributed by atoms with Crippen LogP contribution in [0.5, 0.6) is 17.2 Å². The van der Waals surface area contributed by atoms with Crippen molar-refractivity contribution >= 4 is 17.5 Å². The summed E-state index contributed by atoms with van der Waals surface area (Å²) in [4.78, 5) is 15.1. The van der Waals surface area contributed by atoms with Crippen LogP contribution in [0.4, 0.5) is 0 Å². The van der Waals surface area contributed by atoms with Gasteiger partial charge in [0.05, 0.1) is 19.8 Å². The number of aromatic nitrogens is 2. The molecule has 174 valence electrons. The van der Waals surface area contributed by atoms with Gasteiger partial charge in [-0.3, -0.25) is 9.89 Å². The SMILES string of the molecule is CCOc1ccc(C2c3c(-c4cc(Cl)ccc4O)n[nH]c3C(=O)N2CCCOC)cc1OC. The minimum Gasteiger partial charge on any atom is -0.507 e. The molecule has 1 aliphatic heterocycles. The van der Waals surface area contributed by atoms with Crippen molar-refractivity contribution in [2.75, 3.05) is 34.0 Å². The molecule has 0 bridgehead atoms. The molecule has 1 unspecified atom stereocenters. The van der Waals surface area contributed by atoms with Crippen LogP contribution in [0.15, 0.2) is 36.4 Å². The second-order valence-corrected chi connectivity index (χ2v) is 8.05. The smallest absolute Gasteiger partial charge is 0.273 e. The summed E-state index contributed by atoms with van der Waals surface area (Å²) in [5.74, 6) is 1.06. The zero-order valence-corrected chi connectivity index (χ0v) is 19.5. The van der Waals surface area contributed by atoms with Gasteiger partial charge in [0.2, 0.25) is 0 Å². The number of halogens is 1. The molecule has 0 radical (unpaired) electrons. The minimum absolute atomic E-state index is 0.0296. The van der Waals surface area contributed by atoms with Gasteiger partial charge in [-0.2, -0.15) is 5.10 Å². The molecule has 0 aliphatic carbocycles. The standard InChI is InChI=1S/C24H26ClN3O5/c1-4-33-18-9-6-14(12-19(18)32-3)23-20-21(16-13-15(25)7-8-17(16)29)26-27-22(20)24(30)28(23)10-5-11-31-2/h6-9,12-13,23,29H,4-5,10-11H2,1-3H3,(H,26,27). The molecule has 9 heteroatoms. The summed E-state index contributed by atoms with van der Waals surface area (Å²) in [6, 6.07) is 9.94. The average molecular weight is 472 g/mol. The first kappa shape index (κ1) is 22.9. The number of fused-ring (bicyclic) bond motifs is 1. The Kier molecular flexibility index (Phi) is 6.76. The van der Waals surface area contributed by atoms with Crippen LogP contribution >= 0.6 is 11.6 Å². The number of hydrogen-bond acceptors (Lipinski definition) is 6. The molecule has 3 aromatic rings. The van der Waals surface area contributed by atoms with E-state index < -0.39 is 6.04 Å². The van der Waals surface area contributed by atoms with Crippen molar-refractivity contribution in [2.24, 2.45) is 0 Å². The molecule has 2 aromatic carbocycles. The number of aromatic amines is 1. The van der Waals surface area contributed by atoms with Crippen LogP contribution in [0, 0.1) is 0 Å². The number of aromatic hydroxyl groups is 1. The summed E-state index contributed by atoms with van der Waals surface area (Å²) in [7, 11) is 3.21. The minimum atomic E-state index is -0.443. The Balaban J connectivity index is 1.86. The van der Waals surface area contributed by atoms with Gasteiger partial charge in [-0.25, -0.2) is 0 Å². The maximum Gasteiger partial charge on any atom is 0.273 e. The van der Waals surface area contributed by atoms with Gasteiger partial charge in [-0.05, 0) is 49.2 Å². The monoisotopic (exact) mass is 471 g/mol. The first-order valence-corrected chi connectivity index (χ1v) is 11.1. The molecule has 0 saturated carbocycles. The zero-order chi connectivity index (χ0) is 23.5. The number of carbonyl (C=O) groups excluding carboxylic acids is 1. The third kappa shape index (κ3) is 4.24. The fourth-order valence-corrected chi connectivity index (χ4v) is 4.36. The van der Waals surface area contributed by atoms with Gasteiger partial charge in [0.15, 0.2) is 11.5 Å². The van der Waals surface area contributed by atoms with Crippen LogP contribution in [0.2, 0.25) is 5.02 Å². The van der Waals surface area contributed by atoms with Crippen LogP contribution in [0.25, 0.3) is 11.3 Å². The Morgan fingerprint density at radius 1 is 1.18 bits per heavy atom. The van der Waals surface area contributed by atoms with Crippen molar-refractivity contribution < 1.29 is 24.1 Å². The number of rotatable bonds is 9. The van der Waals surface area contributed by atoms with Gasteiger partial charge in [0, 0.05) is 36.4 Å². The molecule has 2 heterocycles. The second-order valence-electron chi connectivity index (χ2n) is 7.61. The summed E-state index contributed by atoms with van der Waals surface area (Å²) in [6.45, 7) is 3.42. The molecule has 1 aromatic heterocycles. The number of nitrogens with zero attached hydrogens (tertiary/aromatic N) is 2. The number of amides is 1. The molecule has 1 atom stereocenters. The van der Waals surface area contributed by atoms with E-state index in [1.54, 1.807) is 31.3 Å². The number of ether oxygens (including phenoxy) is 3. The number of benzene rings is 2. The van der Waals surface area contributed by atoms with Crippen LogP contribution < -0.4 is 9.47 Å². The molecule has 4 rings (SSSR count). The lowest BCUT2D eigenvalue weighted by Crippen LogP contribution is -2.31. The number of phenols is 1. The van der Waals surface area contributed by atoms with Crippen LogP contribution in [0.1, 0.15) is 41.0 Å². The fraction of sp³-hybridized carbons (Fsp3) is 0.333. The Morgan fingerprint density at radius 3 is 2.73 bits per heavy atom. The summed E-state index contributed by atoms with van der Waals surface area (Å²) >= 11 is 6.20. The lowest BCUT2D eigenvalue weighted by molar-refractivity contribution is 0.0723. The van der Waals surface area contributed by atoms with E-state index in [4.69, 9.17) is 25.8 Å². The van der Waals surface area contributed by atoms with Crippen LogP contribution in [0.3, 0.4) is 0 Å². The van der Waals surface area contributed by atoms with Crippen LogP contribution in [-0.4, -0.2) is 60.1 Å². The molecule has 0 fully saturated rings. The largest absolute Gasteiger partial charge is 0.507 e. The molecule has 33 heavy (non-hydrogen) atoms. The van der Waals surface area contributed by atoms with Crippen molar-refractivity contribution in [2.45, 2.75) is 19.4 Å². The molecular weight excluding hydrogens is 446 g/mol. The molecule has 8 nitrogen and oxygen atoms in total. The predicted molar refractivity (Wildman–Crippen MR) is 124 cm³/mol. The number of carbonyl (C=O) groups is 1. The van der Waals surface area contributed by atoms with E-state index in [1.807, 2.05) is 25.1 Å². The summed E-state index contributed by atoms with van der Waals surface area (Å²) < 4.78 is 16.4. The zero-order valence-electron chi connectivity index (χ0n) is 18.7. The Bertz CT molecular complexity index is 1160. The lowest BCUT2D eigenvalue weighted by Gasteiger charge is -2.27. The van der Waals surface area contributed by atoms with E-state index in [0.717, 1.165) is 5.56 Å². The lowest BCUT2D eigenvalue weighted by atomic mass is 9.95. The fourth-order valence-electron chi connectivity index (χ4n) is 4.19. The van der Waals surface area contributed by atoms with Crippen molar-refractivity contribution in [3.05, 3.63) is 58.2 Å². The van der Waals surface area contributed by atoms with Gasteiger partial charge >= 0.3 is 0 Å². The topological polar surface area (TPSA) is 96.9 Å². The van der Waals surface area contributed by atoms with Gasteiger partial charge in [0.25, 0.3) is 5.91 Å². The Labute approximate surface area is 197 Å². The average Bonchev–Trinajstić information content (AvgIpc) is 3.35. The molecule has 0 spiro atoms. The first-order chi connectivity index (χ1) is 16.0. The molecule has 1 aliphatic rings.